The molecule has 0 aliphatic carbocycles. The number of hydrogen-bond acceptors (Lipinski definition) is 6. The Morgan fingerprint density at radius 2 is 2.15 bits per heavy atom. The van der Waals surface area contributed by atoms with Gasteiger partial charge in [0.2, 0.25) is 5.96 Å². The average Bonchev–Trinajstić information content (AvgIpc) is 2.37. The van der Waals surface area contributed by atoms with Crippen LogP contribution in [0, 0.1) is 0 Å². The molecule has 0 aromatic heterocycles. The normalized spacial score (nSPS) is 19.4. The van der Waals surface area contributed by atoms with Crippen LogP contribution in [0.25, 0.3) is 0 Å². The summed E-state index contributed by atoms with van der Waals surface area (Å²) in [5, 5.41) is 8.67. The lowest BCUT2D eigenvalue weighted by molar-refractivity contribution is -0.137. The molecule has 102 valence electrons. The van der Waals surface area contributed by atoms with Crippen molar-refractivity contribution in [3.63, 3.8) is 0 Å². The van der Waals surface area contributed by atoms with E-state index in [9.17, 15) is 4.79 Å². The number of aliphatic imine (C=N–C) groups is 4. The minimum Gasteiger partial charge on any atom is -0.481 e. The van der Waals surface area contributed by atoms with Crippen molar-refractivity contribution >= 4 is 29.4 Å². The zero-order valence-electron chi connectivity index (χ0n) is 10.9. The first-order chi connectivity index (χ1) is 9.63. The molecule has 1 N–H and O–H groups in total. The summed E-state index contributed by atoms with van der Waals surface area (Å²) in [5.41, 5.74) is 0. The molecule has 0 amide bonds. The molecule has 0 fully saturated rings. The zero-order chi connectivity index (χ0) is 14.1. The molecule has 7 nitrogen and oxygen atoms in total. The van der Waals surface area contributed by atoms with Gasteiger partial charge < -0.3 is 5.11 Å². The van der Waals surface area contributed by atoms with Crippen LogP contribution in [0.2, 0.25) is 0 Å². The van der Waals surface area contributed by atoms with Gasteiger partial charge in [0.1, 0.15) is 23.3 Å². The number of allylic oxidation sites excluding steroid dienone is 2. The molecule has 0 saturated heterocycles. The molecular weight excluding hydrogens is 258 g/mol. The fraction of sp³-hybridized carbons (Fsp3) is 0.308. The number of nitrogens with zero attached hydrogens (tertiary/aromatic N) is 5. The van der Waals surface area contributed by atoms with E-state index in [-0.39, 0.29) is 6.42 Å². The highest BCUT2D eigenvalue weighted by molar-refractivity contribution is 6.20. The third-order valence-corrected chi connectivity index (χ3v) is 2.95. The molecular formula is C13H13N5O2. The fourth-order valence-electron chi connectivity index (χ4n) is 2.11. The Bertz CT molecular complexity index is 652. The molecule has 0 spiro atoms. The van der Waals surface area contributed by atoms with Gasteiger partial charge in [0.05, 0.1) is 0 Å². The van der Waals surface area contributed by atoms with E-state index in [2.05, 4.69) is 20.0 Å². The third kappa shape index (κ3) is 2.29. The average molecular weight is 271 g/mol. The SMILES string of the molecule is CC1=NC2=NC(CCCC(=O)O)=NC3=CC=CC(=N1)N32. The van der Waals surface area contributed by atoms with E-state index in [0.29, 0.717) is 30.5 Å². The predicted octanol–water partition coefficient (Wildman–Crippen LogP) is 1.55. The highest BCUT2D eigenvalue weighted by Gasteiger charge is 2.29. The largest absolute Gasteiger partial charge is 0.481 e. The van der Waals surface area contributed by atoms with Gasteiger partial charge in [0, 0.05) is 12.8 Å². The number of carboxylic acid groups (broad SMARTS) is 1. The summed E-state index contributed by atoms with van der Waals surface area (Å²) in [5.74, 6) is 2.46. The van der Waals surface area contributed by atoms with Crippen LogP contribution in [0.3, 0.4) is 0 Å². The molecule has 0 radical (unpaired) electrons. The molecule has 0 atom stereocenters. The topological polar surface area (TPSA) is 90.0 Å². The van der Waals surface area contributed by atoms with E-state index in [1.54, 1.807) is 4.90 Å². The summed E-state index contributed by atoms with van der Waals surface area (Å²) >= 11 is 0. The van der Waals surface area contributed by atoms with Gasteiger partial charge in [0.25, 0.3) is 0 Å². The van der Waals surface area contributed by atoms with Crippen LogP contribution in [0.5, 0.6) is 0 Å². The van der Waals surface area contributed by atoms with Gasteiger partial charge in [-0.3, -0.25) is 4.79 Å². The van der Waals surface area contributed by atoms with Crippen molar-refractivity contribution in [2.24, 2.45) is 20.0 Å². The Labute approximate surface area is 115 Å². The predicted molar refractivity (Wildman–Crippen MR) is 76.0 cm³/mol. The summed E-state index contributed by atoms with van der Waals surface area (Å²) in [7, 11) is 0. The zero-order valence-corrected chi connectivity index (χ0v) is 10.9. The number of rotatable bonds is 4. The Kier molecular flexibility index (Phi) is 3.02. The van der Waals surface area contributed by atoms with Crippen LogP contribution in [0.1, 0.15) is 26.2 Å². The van der Waals surface area contributed by atoms with Crippen LogP contribution < -0.4 is 0 Å². The minimum atomic E-state index is -0.809. The maximum atomic E-state index is 10.5. The summed E-state index contributed by atoms with van der Waals surface area (Å²) in [4.78, 5) is 29.8. The molecule has 0 unspecified atom stereocenters. The van der Waals surface area contributed by atoms with Crippen LogP contribution in [0.4, 0.5) is 0 Å². The summed E-state index contributed by atoms with van der Waals surface area (Å²) < 4.78 is 0. The highest BCUT2D eigenvalue weighted by Crippen LogP contribution is 2.23. The standard InChI is InChI=1S/C13H13N5O2/c1-8-14-10-5-3-6-11-16-9(4-2-7-12(19)20)17-13(15-8)18(10)11/h3,5-6H,2,4,7H2,1H3,(H,19,20). The van der Waals surface area contributed by atoms with E-state index < -0.39 is 5.97 Å². The van der Waals surface area contributed by atoms with E-state index in [1.807, 2.05) is 25.2 Å². The van der Waals surface area contributed by atoms with Crippen molar-refractivity contribution < 1.29 is 9.90 Å². The first kappa shape index (κ1) is 12.5. The molecule has 0 aromatic rings. The second kappa shape index (κ2) is 4.84. The minimum absolute atomic E-state index is 0.113. The number of guanidine groups is 1. The lowest BCUT2D eigenvalue weighted by Gasteiger charge is -2.30. The number of amidine groups is 3. The Balaban J connectivity index is 1.86. The van der Waals surface area contributed by atoms with Gasteiger partial charge in [-0.15, -0.1) is 0 Å². The van der Waals surface area contributed by atoms with E-state index in [4.69, 9.17) is 5.11 Å². The van der Waals surface area contributed by atoms with Crippen molar-refractivity contribution in [3.8, 4) is 0 Å². The van der Waals surface area contributed by atoms with Crippen molar-refractivity contribution in [1.82, 2.24) is 4.90 Å². The van der Waals surface area contributed by atoms with Crippen molar-refractivity contribution in [3.05, 3.63) is 24.0 Å². The monoisotopic (exact) mass is 271 g/mol. The Morgan fingerprint density at radius 1 is 1.30 bits per heavy atom. The molecule has 20 heavy (non-hydrogen) atoms. The summed E-state index contributed by atoms with van der Waals surface area (Å²) in [6.45, 7) is 1.81. The molecule has 0 saturated carbocycles. The first-order valence-electron chi connectivity index (χ1n) is 6.34. The van der Waals surface area contributed by atoms with Gasteiger partial charge in [-0.1, -0.05) is 6.08 Å². The van der Waals surface area contributed by atoms with Gasteiger partial charge in [0.15, 0.2) is 0 Å². The number of hydrogen-bond donors (Lipinski definition) is 1. The smallest absolute Gasteiger partial charge is 0.303 e. The highest BCUT2D eigenvalue weighted by atomic mass is 16.4. The van der Waals surface area contributed by atoms with E-state index in [1.165, 1.54) is 0 Å². The van der Waals surface area contributed by atoms with Crippen molar-refractivity contribution in [1.29, 1.82) is 0 Å². The van der Waals surface area contributed by atoms with E-state index >= 15 is 0 Å². The Morgan fingerprint density at radius 3 is 2.95 bits per heavy atom. The van der Waals surface area contributed by atoms with Crippen LogP contribution in [0.15, 0.2) is 44.0 Å². The second-order valence-electron chi connectivity index (χ2n) is 4.54. The Hall–Kier alpha value is -2.57. The van der Waals surface area contributed by atoms with E-state index in [0.717, 1.165) is 11.7 Å². The number of carboxylic acids is 1. The van der Waals surface area contributed by atoms with Gasteiger partial charge in [-0.05, 0) is 25.5 Å². The number of aliphatic carboxylic acids is 1. The second-order valence-corrected chi connectivity index (χ2v) is 4.54. The molecule has 3 heterocycles. The first-order valence-corrected chi connectivity index (χ1v) is 6.34. The molecule has 7 heteroatoms. The molecule has 3 aliphatic heterocycles. The maximum Gasteiger partial charge on any atom is 0.303 e. The molecule has 3 rings (SSSR count). The fourth-order valence-corrected chi connectivity index (χ4v) is 2.11. The molecule has 0 bridgehead atoms. The summed E-state index contributed by atoms with van der Waals surface area (Å²) in [6.07, 6.45) is 6.76. The van der Waals surface area contributed by atoms with Crippen LogP contribution in [-0.2, 0) is 4.79 Å². The van der Waals surface area contributed by atoms with Crippen molar-refractivity contribution in [2.45, 2.75) is 26.2 Å². The molecule has 0 aromatic carbocycles. The lowest BCUT2D eigenvalue weighted by Crippen LogP contribution is -2.41. The lowest BCUT2D eigenvalue weighted by atomic mass is 10.2. The third-order valence-electron chi connectivity index (χ3n) is 2.95. The maximum absolute atomic E-state index is 10.5. The number of carbonyl (C=O) groups is 1. The van der Waals surface area contributed by atoms with Gasteiger partial charge >= 0.3 is 5.97 Å². The summed E-state index contributed by atoms with van der Waals surface area (Å²) in [6, 6.07) is 0. The van der Waals surface area contributed by atoms with Gasteiger partial charge in [-0.25, -0.2) is 14.9 Å². The van der Waals surface area contributed by atoms with Crippen LogP contribution >= 0.6 is 0 Å². The quantitative estimate of drug-likeness (QED) is 0.841. The van der Waals surface area contributed by atoms with Gasteiger partial charge in [-0.2, -0.15) is 9.98 Å². The van der Waals surface area contributed by atoms with Crippen LogP contribution in [-0.4, -0.2) is 39.4 Å². The van der Waals surface area contributed by atoms with Crippen molar-refractivity contribution in [2.75, 3.05) is 0 Å². The molecule has 3 aliphatic rings.